The van der Waals surface area contributed by atoms with E-state index in [4.69, 9.17) is 4.74 Å². The number of para-hydroxylation sites is 1. The highest BCUT2D eigenvalue weighted by molar-refractivity contribution is 5.92. The summed E-state index contributed by atoms with van der Waals surface area (Å²) >= 11 is 0. The number of carbonyl (C=O) groups is 2. The summed E-state index contributed by atoms with van der Waals surface area (Å²) in [5.41, 5.74) is 5.09. The fourth-order valence-electron chi connectivity index (χ4n) is 6.96. The van der Waals surface area contributed by atoms with E-state index in [-0.39, 0.29) is 23.9 Å². The molecular weight excluding hydrogens is 576 g/mol. The minimum atomic E-state index is -0.572. The van der Waals surface area contributed by atoms with Gasteiger partial charge in [-0.15, -0.1) is 6.58 Å². The third kappa shape index (κ3) is 6.17. The van der Waals surface area contributed by atoms with Crippen molar-refractivity contribution < 1.29 is 14.3 Å². The monoisotopic (exact) mass is 620 g/mol. The van der Waals surface area contributed by atoms with Crippen LogP contribution < -0.4 is 4.74 Å². The van der Waals surface area contributed by atoms with Gasteiger partial charge in [-0.05, 0) is 53.6 Å². The SMILES string of the molecule is C=CCN1C(Cc2ccc(OC)cc2)C(=O)N2[C@@H](CC(C)C)C(=O)N(Cc3cccc4c3ncn4C)C[C@@H]2N1Cc1ccccc1. The van der Waals surface area contributed by atoms with Crippen molar-refractivity contribution in [1.29, 1.82) is 0 Å². The number of nitrogens with zero attached hydrogens (tertiary/aromatic N) is 6. The first kappa shape index (κ1) is 31.5. The number of methoxy groups -OCH3 is 1. The first-order chi connectivity index (χ1) is 22.3. The second-order valence-electron chi connectivity index (χ2n) is 12.8. The van der Waals surface area contributed by atoms with Gasteiger partial charge in [-0.2, -0.15) is 0 Å². The molecule has 4 aromatic rings. The molecular formula is C37H44N6O3. The maximum atomic E-state index is 14.8. The van der Waals surface area contributed by atoms with Crippen molar-refractivity contribution in [1.82, 2.24) is 29.4 Å². The van der Waals surface area contributed by atoms with Gasteiger partial charge >= 0.3 is 0 Å². The number of ether oxygens (including phenoxy) is 1. The summed E-state index contributed by atoms with van der Waals surface area (Å²) in [6, 6.07) is 23.3. The molecule has 0 radical (unpaired) electrons. The fraction of sp³-hybridized carbons (Fsp3) is 0.378. The summed E-state index contributed by atoms with van der Waals surface area (Å²) < 4.78 is 7.38. The number of imidazole rings is 1. The van der Waals surface area contributed by atoms with E-state index < -0.39 is 12.1 Å². The molecule has 0 spiro atoms. The second kappa shape index (κ2) is 13.5. The predicted octanol–water partition coefficient (Wildman–Crippen LogP) is 5.02. The van der Waals surface area contributed by atoms with E-state index in [1.807, 2.05) is 88.4 Å². The predicted molar refractivity (Wildman–Crippen MR) is 179 cm³/mol. The molecule has 3 atom stereocenters. The number of rotatable bonds is 11. The fourth-order valence-corrected chi connectivity index (χ4v) is 6.96. The molecule has 0 bridgehead atoms. The van der Waals surface area contributed by atoms with Crippen LogP contribution in [0.2, 0.25) is 0 Å². The van der Waals surface area contributed by atoms with Crippen molar-refractivity contribution in [2.45, 2.75) is 58.0 Å². The van der Waals surface area contributed by atoms with Crippen LogP contribution in [0.5, 0.6) is 5.75 Å². The average Bonchev–Trinajstić information content (AvgIpc) is 3.44. The number of carbonyl (C=O) groups excluding carboxylic acids is 2. The van der Waals surface area contributed by atoms with Crippen molar-refractivity contribution in [2.24, 2.45) is 13.0 Å². The van der Waals surface area contributed by atoms with Crippen LogP contribution in [0.3, 0.4) is 0 Å². The van der Waals surface area contributed by atoms with Gasteiger partial charge in [-0.25, -0.2) is 15.0 Å². The first-order valence-corrected chi connectivity index (χ1v) is 16.1. The highest BCUT2D eigenvalue weighted by Gasteiger charge is 2.53. The van der Waals surface area contributed by atoms with Crippen LogP contribution in [-0.4, -0.2) is 79.6 Å². The third-order valence-electron chi connectivity index (χ3n) is 9.20. The number of hydrogen-bond donors (Lipinski definition) is 0. The third-order valence-corrected chi connectivity index (χ3v) is 9.20. The lowest BCUT2D eigenvalue weighted by Crippen LogP contribution is -2.77. The quantitative estimate of drug-likeness (QED) is 0.219. The van der Waals surface area contributed by atoms with Crippen molar-refractivity contribution in [3.8, 4) is 5.75 Å². The lowest BCUT2D eigenvalue weighted by molar-refractivity contribution is -0.218. The van der Waals surface area contributed by atoms with Gasteiger partial charge in [0.25, 0.3) is 0 Å². The molecule has 2 saturated heterocycles. The van der Waals surface area contributed by atoms with Gasteiger partial charge < -0.3 is 19.1 Å². The Balaban J connectivity index is 1.42. The van der Waals surface area contributed by atoms with Gasteiger partial charge in [0.05, 0.1) is 31.0 Å². The van der Waals surface area contributed by atoms with Crippen molar-refractivity contribution >= 4 is 22.8 Å². The van der Waals surface area contributed by atoms with Gasteiger partial charge in [-0.3, -0.25) is 9.59 Å². The van der Waals surface area contributed by atoms with Crippen molar-refractivity contribution in [3.63, 3.8) is 0 Å². The molecule has 3 aromatic carbocycles. The van der Waals surface area contributed by atoms with Crippen LogP contribution in [0, 0.1) is 5.92 Å². The van der Waals surface area contributed by atoms with Crippen molar-refractivity contribution in [3.05, 3.63) is 108 Å². The Labute approximate surface area is 271 Å². The second-order valence-corrected chi connectivity index (χ2v) is 12.8. The molecule has 2 aliphatic rings. The number of hydrogen-bond acceptors (Lipinski definition) is 6. The largest absolute Gasteiger partial charge is 0.497 e. The summed E-state index contributed by atoms with van der Waals surface area (Å²) in [6.07, 6.45) is 4.42. The molecule has 3 heterocycles. The van der Waals surface area contributed by atoms with E-state index in [0.29, 0.717) is 39.0 Å². The Hall–Kier alpha value is -4.47. The maximum Gasteiger partial charge on any atom is 0.245 e. The lowest BCUT2D eigenvalue weighted by Gasteiger charge is -2.58. The highest BCUT2D eigenvalue weighted by atomic mass is 16.5. The topological polar surface area (TPSA) is 74.1 Å². The van der Waals surface area contributed by atoms with Gasteiger partial charge in [-0.1, -0.05) is 74.5 Å². The molecule has 0 saturated carbocycles. The van der Waals surface area contributed by atoms with E-state index in [2.05, 4.69) is 53.6 Å². The summed E-state index contributed by atoms with van der Waals surface area (Å²) in [4.78, 5) is 37.7. The first-order valence-electron chi connectivity index (χ1n) is 16.1. The number of aromatic nitrogens is 2. The molecule has 2 amide bonds. The molecule has 1 aromatic heterocycles. The maximum absolute atomic E-state index is 14.8. The number of aryl methyl sites for hydroxylation is 1. The Bertz CT molecular complexity index is 1680. The Kier molecular flexibility index (Phi) is 9.24. The normalized spacial score (nSPS) is 20.8. The van der Waals surface area contributed by atoms with Gasteiger partial charge in [0.2, 0.25) is 11.8 Å². The van der Waals surface area contributed by atoms with Crippen LogP contribution in [0.1, 0.15) is 37.0 Å². The number of benzene rings is 3. The standard InChI is InChI=1S/C37H44N6O3/c1-6-19-41-32(21-27-15-17-30(46-5)18-16-27)37(45)43-33(20-26(2)3)36(44)40(23-29-13-10-14-31-35(29)38-25-39(31)4)24-34(43)42(41)22-28-11-8-7-9-12-28/h6-18,25-26,32-34H,1,19-24H2,2-5H3/t32?,33-,34+/m0/s1. The van der Waals surface area contributed by atoms with Crippen LogP contribution in [0.25, 0.3) is 11.0 Å². The molecule has 9 nitrogen and oxygen atoms in total. The smallest absolute Gasteiger partial charge is 0.245 e. The number of hydrazine groups is 1. The molecule has 46 heavy (non-hydrogen) atoms. The van der Waals surface area contributed by atoms with E-state index in [1.54, 1.807) is 7.11 Å². The molecule has 9 heteroatoms. The van der Waals surface area contributed by atoms with Gasteiger partial charge in [0, 0.05) is 26.7 Å². The Morgan fingerprint density at radius 1 is 0.913 bits per heavy atom. The molecule has 0 aliphatic carbocycles. The van der Waals surface area contributed by atoms with E-state index >= 15 is 0 Å². The molecule has 1 unspecified atom stereocenters. The van der Waals surface area contributed by atoms with Gasteiger partial charge in [0.1, 0.15) is 24.0 Å². The molecule has 0 N–H and O–H groups in total. The summed E-state index contributed by atoms with van der Waals surface area (Å²) in [5.74, 6) is 0.964. The summed E-state index contributed by atoms with van der Waals surface area (Å²) in [5, 5.41) is 4.48. The highest BCUT2D eigenvalue weighted by Crippen LogP contribution is 2.35. The molecule has 240 valence electrons. The molecule has 2 aliphatic heterocycles. The van der Waals surface area contributed by atoms with Crippen LogP contribution in [-0.2, 0) is 36.1 Å². The van der Waals surface area contributed by atoms with Crippen LogP contribution in [0.4, 0.5) is 0 Å². The minimum Gasteiger partial charge on any atom is -0.497 e. The zero-order chi connectivity index (χ0) is 32.4. The lowest BCUT2D eigenvalue weighted by atomic mass is 9.93. The summed E-state index contributed by atoms with van der Waals surface area (Å²) in [6.45, 7) is 10.2. The van der Waals surface area contributed by atoms with E-state index in [0.717, 1.165) is 33.5 Å². The van der Waals surface area contributed by atoms with E-state index in [1.165, 1.54) is 0 Å². The van der Waals surface area contributed by atoms with Gasteiger partial charge in [0.15, 0.2) is 0 Å². The average molecular weight is 621 g/mol. The van der Waals surface area contributed by atoms with Crippen molar-refractivity contribution in [2.75, 3.05) is 20.2 Å². The zero-order valence-corrected chi connectivity index (χ0v) is 27.3. The molecule has 6 rings (SSSR count). The minimum absolute atomic E-state index is 0.00809. The Morgan fingerprint density at radius 3 is 2.37 bits per heavy atom. The number of piperazine rings is 1. The summed E-state index contributed by atoms with van der Waals surface area (Å²) in [7, 11) is 3.63. The van der Waals surface area contributed by atoms with Crippen LogP contribution >= 0.6 is 0 Å². The zero-order valence-electron chi connectivity index (χ0n) is 27.3. The number of amides is 2. The number of fused-ring (bicyclic) bond motifs is 2. The Morgan fingerprint density at radius 2 is 1.67 bits per heavy atom. The van der Waals surface area contributed by atoms with Crippen LogP contribution in [0.15, 0.2) is 91.8 Å². The van der Waals surface area contributed by atoms with E-state index in [9.17, 15) is 9.59 Å². The molecule has 2 fully saturated rings.